The van der Waals surface area contributed by atoms with Crippen LogP contribution in [-0.4, -0.2) is 193 Å². The largest absolute Gasteiger partial charge is 0.394 e. The zero-order valence-corrected chi connectivity index (χ0v) is 62.6. The predicted octanol–water partition coefficient (Wildman–Crippen LogP) is 13.4. The fraction of sp³-hybridized carbons (Fsp3) is 0.817. The topological polar surface area (TPSA) is 307 Å². The number of ether oxygens (including phenoxy) is 6. The number of hydrogen-bond donors (Lipinski definition) is 12. The fourth-order valence-electron chi connectivity index (χ4n) is 13.3. The molecule has 586 valence electrons. The van der Waals surface area contributed by atoms with E-state index in [-0.39, 0.29) is 18.9 Å². The Morgan fingerprint density at radius 2 is 0.683 bits per heavy atom. The third-order valence-electron chi connectivity index (χ3n) is 19.7. The van der Waals surface area contributed by atoms with Gasteiger partial charge in [0.25, 0.3) is 0 Å². The van der Waals surface area contributed by atoms with Gasteiger partial charge < -0.3 is 89.9 Å². The van der Waals surface area contributed by atoms with Crippen molar-refractivity contribution >= 4 is 5.91 Å². The van der Waals surface area contributed by atoms with Gasteiger partial charge in [0.2, 0.25) is 5.91 Å². The van der Waals surface area contributed by atoms with Crippen molar-refractivity contribution in [2.75, 3.05) is 26.4 Å². The molecule has 19 nitrogen and oxygen atoms in total. The first-order valence-corrected chi connectivity index (χ1v) is 40.3. The van der Waals surface area contributed by atoms with Crippen molar-refractivity contribution in [3.63, 3.8) is 0 Å². The van der Waals surface area contributed by atoms with Crippen LogP contribution in [0.4, 0.5) is 0 Å². The molecule has 3 aliphatic rings. The van der Waals surface area contributed by atoms with Crippen molar-refractivity contribution in [1.82, 2.24) is 5.32 Å². The Hall–Kier alpha value is -3.03. The van der Waals surface area contributed by atoms with E-state index in [0.717, 1.165) is 89.9 Å². The molecule has 0 aromatic carbocycles. The molecule has 1 amide bonds. The zero-order chi connectivity index (χ0) is 73.2. The van der Waals surface area contributed by atoms with Crippen LogP contribution in [0.15, 0.2) is 85.1 Å². The first-order valence-electron chi connectivity index (χ1n) is 40.3. The second kappa shape index (κ2) is 62.1. The number of carbonyl (C=O) groups is 1. The molecule has 3 heterocycles. The molecule has 17 unspecified atom stereocenters. The molecule has 0 radical (unpaired) electrons. The molecule has 0 saturated carbocycles. The van der Waals surface area contributed by atoms with Gasteiger partial charge in [0.05, 0.1) is 38.6 Å². The van der Waals surface area contributed by atoms with Crippen LogP contribution >= 0.6 is 0 Å². The highest BCUT2D eigenvalue weighted by Gasteiger charge is 2.54. The van der Waals surface area contributed by atoms with Crippen LogP contribution in [0.25, 0.3) is 0 Å². The summed E-state index contributed by atoms with van der Waals surface area (Å²) in [5, 5.41) is 121. The molecule has 0 aromatic rings. The maximum absolute atomic E-state index is 13.5. The average Bonchev–Trinajstić information content (AvgIpc) is 0.782. The minimum absolute atomic E-state index is 0.209. The second-order valence-electron chi connectivity index (χ2n) is 28.5. The third-order valence-corrected chi connectivity index (χ3v) is 19.7. The molecule has 101 heavy (non-hydrogen) atoms. The van der Waals surface area contributed by atoms with E-state index < -0.39 is 124 Å². The Morgan fingerprint density at radius 3 is 1.07 bits per heavy atom. The normalized spacial score (nSPS) is 26.8. The highest BCUT2D eigenvalue weighted by molar-refractivity contribution is 5.76. The number of carbonyl (C=O) groups excluding carboxylic acids is 1. The van der Waals surface area contributed by atoms with Gasteiger partial charge in [-0.2, -0.15) is 0 Å². The van der Waals surface area contributed by atoms with E-state index in [2.05, 4.69) is 92.1 Å². The van der Waals surface area contributed by atoms with Gasteiger partial charge in [-0.15, -0.1) is 0 Å². The van der Waals surface area contributed by atoms with Crippen LogP contribution in [0.3, 0.4) is 0 Å². The summed E-state index contributed by atoms with van der Waals surface area (Å²) in [4.78, 5) is 13.5. The summed E-state index contributed by atoms with van der Waals surface area (Å²) in [6.07, 6.45) is 55.7. The molecule has 12 N–H and O–H groups in total. The highest BCUT2D eigenvalue weighted by Crippen LogP contribution is 2.33. The van der Waals surface area contributed by atoms with Crippen LogP contribution < -0.4 is 5.32 Å². The van der Waals surface area contributed by atoms with Gasteiger partial charge >= 0.3 is 0 Å². The minimum Gasteiger partial charge on any atom is -0.394 e. The van der Waals surface area contributed by atoms with Crippen LogP contribution in [0.5, 0.6) is 0 Å². The number of amides is 1. The first kappa shape index (κ1) is 92.2. The maximum Gasteiger partial charge on any atom is 0.220 e. The summed E-state index contributed by atoms with van der Waals surface area (Å²) in [5.74, 6) is -0.300. The molecule has 19 heteroatoms. The summed E-state index contributed by atoms with van der Waals surface area (Å²) in [5.41, 5.74) is 0. The molecule has 3 saturated heterocycles. The lowest BCUT2D eigenvalue weighted by atomic mass is 9.96. The lowest BCUT2D eigenvalue weighted by Gasteiger charge is -2.48. The van der Waals surface area contributed by atoms with Crippen LogP contribution in [-0.2, 0) is 33.2 Å². The number of unbranched alkanes of at least 4 members (excludes halogenated alkanes) is 35. The van der Waals surface area contributed by atoms with E-state index in [1.807, 2.05) is 6.08 Å². The van der Waals surface area contributed by atoms with E-state index in [1.54, 1.807) is 6.08 Å². The monoisotopic (exact) mass is 1430 g/mol. The van der Waals surface area contributed by atoms with Gasteiger partial charge in [-0.25, -0.2) is 0 Å². The Bertz CT molecular complexity index is 2150. The van der Waals surface area contributed by atoms with Gasteiger partial charge in [-0.3, -0.25) is 4.79 Å². The summed E-state index contributed by atoms with van der Waals surface area (Å²) in [6, 6.07) is -0.995. The molecule has 3 fully saturated rings. The smallest absolute Gasteiger partial charge is 0.220 e. The lowest BCUT2D eigenvalue weighted by molar-refractivity contribution is -0.379. The molecule has 17 atom stereocenters. The average molecular weight is 1430 g/mol. The Kier molecular flexibility index (Phi) is 56.6. The van der Waals surface area contributed by atoms with Gasteiger partial charge in [-0.05, 0) is 70.6 Å². The van der Waals surface area contributed by atoms with Crippen LogP contribution in [0.1, 0.15) is 296 Å². The number of nitrogens with one attached hydrogen (secondary N) is 1. The van der Waals surface area contributed by atoms with Crippen molar-refractivity contribution in [2.45, 2.75) is 401 Å². The molecule has 0 aromatic heterocycles. The number of allylic oxidation sites excluding steroid dienone is 13. The minimum atomic E-state index is -1.99. The Morgan fingerprint density at radius 1 is 0.366 bits per heavy atom. The van der Waals surface area contributed by atoms with E-state index >= 15 is 0 Å². The van der Waals surface area contributed by atoms with E-state index in [9.17, 15) is 61.0 Å². The van der Waals surface area contributed by atoms with E-state index in [4.69, 9.17) is 28.4 Å². The summed E-state index contributed by atoms with van der Waals surface area (Å²) >= 11 is 0. The van der Waals surface area contributed by atoms with Crippen molar-refractivity contribution < 1.29 is 89.4 Å². The molecule has 0 bridgehead atoms. The van der Waals surface area contributed by atoms with Crippen molar-refractivity contribution in [3.05, 3.63) is 85.1 Å². The Balaban J connectivity index is 1.38. The fourth-order valence-corrected chi connectivity index (χ4v) is 13.3. The predicted molar refractivity (Wildman–Crippen MR) is 401 cm³/mol. The highest BCUT2D eigenvalue weighted by atomic mass is 16.8. The first-order chi connectivity index (χ1) is 49.3. The van der Waals surface area contributed by atoms with Crippen molar-refractivity contribution in [1.29, 1.82) is 0 Å². The number of aliphatic hydroxyl groups is 11. The zero-order valence-electron chi connectivity index (χ0n) is 62.6. The summed E-state index contributed by atoms with van der Waals surface area (Å²) in [7, 11) is 0. The maximum atomic E-state index is 13.5. The molecule has 0 spiro atoms. The molecule has 3 aliphatic heterocycles. The summed E-state index contributed by atoms with van der Waals surface area (Å²) in [6.45, 7) is 1.63. The van der Waals surface area contributed by atoms with Gasteiger partial charge in [0.15, 0.2) is 18.9 Å². The third kappa shape index (κ3) is 42.2. The lowest BCUT2D eigenvalue weighted by Crippen LogP contribution is -2.66. The van der Waals surface area contributed by atoms with E-state index in [1.165, 1.54) is 180 Å². The second-order valence-corrected chi connectivity index (χ2v) is 28.5. The number of rotatable bonds is 63. The standard InChI is InChI=1S/C82H145NO18/c1-3-5-7-9-11-13-15-17-19-21-23-25-27-28-29-30-31-32-33-34-35-36-38-39-41-43-45-47-49-51-53-55-57-59-66(87)65(83-70(88)60-58-56-54-52-50-48-46-44-42-40-37-26-24-22-20-18-16-14-12-10-8-6-4-2)64-96-80-76(94)73(91)78(68(62-85)98-80)101-82-77(95)74(92)79(69(63-86)99-82)100-81-75(93)72(90)71(89)67(61-84)97-81/h6,8,12,14,18,20,24,26,40,42,46,48,57,59,65-69,71-82,84-87,89-95H,3-5,7,9-11,13,15-17,19,21-23,25,27-39,41,43-45,47,49-56,58,60-64H2,1-2H3,(H,83,88)/b8-6-,14-12-,20-18-,26-24-,42-40-,48-46-,59-57+. The van der Waals surface area contributed by atoms with Crippen LogP contribution in [0.2, 0.25) is 0 Å². The molecular formula is C82H145NO18. The van der Waals surface area contributed by atoms with E-state index in [0.29, 0.717) is 6.42 Å². The van der Waals surface area contributed by atoms with Crippen molar-refractivity contribution in [2.24, 2.45) is 0 Å². The van der Waals surface area contributed by atoms with Crippen LogP contribution in [0, 0.1) is 0 Å². The molecule has 0 aliphatic carbocycles. The number of aliphatic hydroxyl groups excluding tert-OH is 11. The molecular weight excluding hydrogens is 1290 g/mol. The quantitative estimate of drug-likeness (QED) is 0.0199. The SMILES string of the molecule is CC/C=C\C/C=C\C/C=C\C/C=C\C/C=C\C/C=C\CCCCCCC(=O)NC(COC1OC(CO)C(OC2OC(CO)C(OC3OC(CO)C(O)C(O)C3O)C(O)C2O)C(O)C1O)C(O)/C=C/CCCCCCCCCCCCCCCCCCCCCCCCCCCCCCCCC. The Labute approximate surface area is 610 Å². The number of hydrogen-bond acceptors (Lipinski definition) is 18. The molecule has 3 rings (SSSR count). The van der Waals surface area contributed by atoms with Gasteiger partial charge in [0, 0.05) is 6.42 Å². The summed E-state index contributed by atoms with van der Waals surface area (Å²) < 4.78 is 34.4. The van der Waals surface area contributed by atoms with Crippen molar-refractivity contribution in [3.8, 4) is 0 Å². The van der Waals surface area contributed by atoms with Gasteiger partial charge in [0.1, 0.15) is 73.2 Å². The van der Waals surface area contributed by atoms with Gasteiger partial charge in [-0.1, -0.05) is 304 Å².